The zero-order valence-corrected chi connectivity index (χ0v) is 12.5. The Hall–Kier alpha value is -1.33. The number of nitrogens with two attached hydrogens (primary N) is 1. The first-order chi connectivity index (χ1) is 9.60. The summed E-state index contributed by atoms with van der Waals surface area (Å²) < 4.78 is 0. The second-order valence-electron chi connectivity index (χ2n) is 5.18. The van der Waals surface area contributed by atoms with E-state index in [0.29, 0.717) is 10.6 Å². The van der Waals surface area contributed by atoms with Crippen molar-refractivity contribution >= 4 is 23.3 Å². The van der Waals surface area contributed by atoms with Crippen molar-refractivity contribution in [2.75, 3.05) is 25.4 Å². The molecule has 0 aliphatic carbocycles. The summed E-state index contributed by atoms with van der Waals surface area (Å²) >= 11 is 5.88. The highest BCUT2D eigenvalue weighted by Gasteiger charge is 2.20. The molecule has 2 rings (SSSR count). The Labute approximate surface area is 124 Å². The number of carbonyl (C=O) groups excluding carboxylic acids is 1. The fourth-order valence-corrected chi connectivity index (χ4v) is 2.62. The van der Waals surface area contributed by atoms with Gasteiger partial charge in [-0.3, -0.25) is 4.79 Å². The number of anilines is 1. The van der Waals surface area contributed by atoms with E-state index in [1.807, 2.05) is 0 Å². The van der Waals surface area contributed by atoms with Gasteiger partial charge in [-0.05, 0) is 31.9 Å². The maximum Gasteiger partial charge on any atom is 0.253 e. The molecule has 0 unspecified atom stereocenters. The molecule has 6 heteroatoms. The average Bonchev–Trinajstić information content (AvgIpc) is 2.44. The number of likely N-dealkylation sites (tertiary alicyclic amines) is 1. The number of carbonyl (C=O) groups is 1. The lowest BCUT2D eigenvalue weighted by Crippen LogP contribution is -2.44. The van der Waals surface area contributed by atoms with Crippen molar-refractivity contribution in [2.45, 2.75) is 32.2 Å². The van der Waals surface area contributed by atoms with Gasteiger partial charge in [0.2, 0.25) is 0 Å². The molecule has 5 nitrogen and oxygen atoms in total. The molecule has 3 N–H and O–H groups in total. The Morgan fingerprint density at radius 1 is 1.55 bits per heavy atom. The van der Waals surface area contributed by atoms with E-state index in [-0.39, 0.29) is 17.8 Å². The number of pyridine rings is 1. The van der Waals surface area contributed by atoms with Crippen molar-refractivity contribution in [3.63, 3.8) is 0 Å². The third-order valence-electron chi connectivity index (χ3n) is 3.59. The summed E-state index contributed by atoms with van der Waals surface area (Å²) in [5.41, 5.74) is 6.00. The van der Waals surface area contributed by atoms with Gasteiger partial charge in [-0.2, -0.15) is 0 Å². The highest BCUT2D eigenvalue weighted by Crippen LogP contribution is 2.17. The van der Waals surface area contributed by atoms with Crippen molar-refractivity contribution < 1.29 is 4.79 Å². The Morgan fingerprint density at radius 3 is 2.85 bits per heavy atom. The topological polar surface area (TPSA) is 71.2 Å². The third kappa shape index (κ3) is 3.84. The minimum atomic E-state index is -0.131. The number of amides is 1. The van der Waals surface area contributed by atoms with Gasteiger partial charge in [0.05, 0.1) is 10.6 Å². The number of nitrogens with zero attached hydrogens (tertiary/aromatic N) is 2. The number of hydrogen-bond acceptors (Lipinski definition) is 4. The van der Waals surface area contributed by atoms with Gasteiger partial charge >= 0.3 is 0 Å². The lowest BCUT2D eigenvalue weighted by atomic mass is 10.0. The summed E-state index contributed by atoms with van der Waals surface area (Å²) in [5, 5.41) is 3.35. The summed E-state index contributed by atoms with van der Waals surface area (Å²) in [6, 6.07) is 1.79. The maximum atomic E-state index is 12.1. The largest absolute Gasteiger partial charge is 0.382 e. The second-order valence-corrected chi connectivity index (χ2v) is 5.59. The molecule has 0 spiro atoms. The van der Waals surface area contributed by atoms with Crippen LogP contribution in [0.3, 0.4) is 0 Å². The number of piperidine rings is 1. The van der Waals surface area contributed by atoms with Crippen molar-refractivity contribution in [1.82, 2.24) is 15.2 Å². The highest BCUT2D eigenvalue weighted by molar-refractivity contribution is 6.33. The standard InChI is InChI=1S/C14H21ClN4O/c1-2-5-19-6-3-11(4-7-19)18-14(20)10-8-12(15)13(16)17-9-10/h8-9,11H,2-7H2,1H3,(H2,16,17)(H,18,20). The first-order valence-electron chi connectivity index (χ1n) is 7.04. The molecule has 2 heterocycles. The van der Waals surface area contributed by atoms with Crippen molar-refractivity contribution in [3.8, 4) is 0 Å². The van der Waals surface area contributed by atoms with E-state index in [1.165, 1.54) is 12.6 Å². The Balaban J connectivity index is 1.87. The monoisotopic (exact) mass is 296 g/mol. The minimum Gasteiger partial charge on any atom is -0.382 e. The van der Waals surface area contributed by atoms with Gasteiger partial charge in [-0.1, -0.05) is 18.5 Å². The molecule has 1 fully saturated rings. The molecule has 1 amide bonds. The van der Waals surface area contributed by atoms with Gasteiger partial charge in [-0.15, -0.1) is 0 Å². The quantitative estimate of drug-likeness (QED) is 0.890. The van der Waals surface area contributed by atoms with Gasteiger partial charge in [-0.25, -0.2) is 4.98 Å². The lowest BCUT2D eigenvalue weighted by molar-refractivity contribution is 0.0911. The van der Waals surface area contributed by atoms with Crippen LogP contribution < -0.4 is 11.1 Å². The molecule has 1 aliphatic rings. The molecule has 1 saturated heterocycles. The van der Waals surface area contributed by atoms with Crippen LogP contribution in [0, 0.1) is 0 Å². The second kappa shape index (κ2) is 6.90. The molecule has 0 saturated carbocycles. The van der Waals surface area contributed by atoms with E-state index < -0.39 is 0 Å². The Morgan fingerprint density at radius 2 is 2.25 bits per heavy atom. The van der Waals surface area contributed by atoms with Crippen LogP contribution in [-0.2, 0) is 0 Å². The zero-order chi connectivity index (χ0) is 14.5. The van der Waals surface area contributed by atoms with E-state index in [0.717, 1.165) is 32.5 Å². The number of rotatable bonds is 4. The van der Waals surface area contributed by atoms with Crippen LogP contribution in [0.15, 0.2) is 12.3 Å². The molecule has 0 bridgehead atoms. The number of hydrogen-bond donors (Lipinski definition) is 2. The smallest absolute Gasteiger partial charge is 0.253 e. The summed E-state index contributed by atoms with van der Waals surface area (Å²) in [6.07, 6.45) is 4.61. The van der Waals surface area contributed by atoms with E-state index in [1.54, 1.807) is 6.07 Å². The Bertz CT molecular complexity index is 472. The lowest BCUT2D eigenvalue weighted by Gasteiger charge is -2.32. The van der Waals surface area contributed by atoms with Gasteiger partial charge < -0.3 is 16.0 Å². The van der Waals surface area contributed by atoms with Crippen LogP contribution >= 0.6 is 11.6 Å². The number of nitrogen functional groups attached to an aromatic ring is 1. The summed E-state index contributed by atoms with van der Waals surface area (Å²) in [5.74, 6) is 0.115. The van der Waals surface area contributed by atoms with Crippen LogP contribution in [0.25, 0.3) is 0 Å². The number of nitrogens with one attached hydrogen (secondary N) is 1. The molecule has 0 radical (unpaired) electrons. The molecular weight excluding hydrogens is 276 g/mol. The van der Waals surface area contributed by atoms with Gasteiger partial charge in [0.1, 0.15) is 5.82 Å². The Kier molecular flexibility index (Phi) is 5.20. The predicted molar refractivity (Wildman–Crippen MR) is 80.9 cm³/mol. The van der Waals surface area contributed by atoms with E-state index in [9.17, 15) is 4.79 Å². The van der Waals surface area contributed by atoms with Gasteiger partial charge in [0, 0.05) is 25.3 Å². The molecule has 1 aromatic rings. The third-order valence-corrected chi connectivity index (χ3v) is 3.90. The molecule has 110 valence electrons. The van der Waals surface area contributed by atoms with Crippen LogP contribution in [0.1, 0.15) is 36.5 Å². The molecule has 1 aliphatic heterocycles. The van der Waals surface area contributed by atoms with Crippen molar-refractivity contribution in [1.29, 1.82) is 0 Å². The summed E-state index contributed by atoms with van der Waals surface area (Å²) in [6.45, 7) is 5.41. The molecule has 20 heavy (non-hydrogen) atoms. The molecular formula is C14H21ClN4O. The average molecular weight is 297 g/mol. The SMILES string of the molecule is CCCN1CCC(NC(=O)c2cnc(N)c(Cl)c2)CC1. The summed E-state index contributed by atoms with van der Waals surface area (Å²) in [4.78, 5) is 18.5. The maximum absolute atomic E-state index is 12.1. The van der Waals surface area contributed by atoms with Crippen LogP contribution in [0.5, 0.6) is 0 Å². The summed E-state index contributed by atoms with van der Waals surface area (Å²) in [7, 11) is 0. The molecule has 0 atom stereocenters. The fraction of sp³-hybridized carbons (Fsp3) is 0.571. The minimum absolute atomic E-state index is 0.131. The van der Waals surface area contributed by atoms with E-state index >= 15 is 0 Å². The predicted octanol–water partition coefficient (Wildman–Crippen LogP) is 1.92. The highest BCUT2D eigenvalue weighted by atomic mass is 35.5. The normalized spacial score (nSPS) is 17.1. The zero-order valence-electron chi connectivity index (χ0n) is 11.7. The van der Waals surface area contributed by atoms with Crippen molar-refractivity contribution in [3.05, 3.63) is 22.8 Å². The van der Waals surface area contributed by atoms with Crippen LogP contribution in [0.2, 0.25) is 5.02 Å². The fourth-order valence-electron chi connectivity index (χ4n) is 2.46. The van der Waals surface area contributed by atoms with E-state index in [4.69, 9.17) is 17.3 Å². The van der Waals surface area contributed by atoms with Crippen LogP contribution in [-0.4, -0.2) is 41.5 Å². The van der Waals surface area contributed by atoms with E-state index in [2.05, 4.69) is 22.1 Å². The van der Waals surface area contributed by atoms with Gasteiger partial charge in [0.25, 0.3) is 5.91 Å². The van der Waals surface area contributed by atoms with Crippen molar-refractivity contribution in [2.24, 2.45) is 0 Å². The van der Waals surface area contributed by atoms with Crippen LogP contribution in [0.4, 0.5) is 5.82 Å². The number of aromatic nitrogens is 1. The first kappa shape index (κ1) is 15.1. The molecule has 0 aromatic carbocycles. The molecule has 1 aromatic heterocycles. The number of halogens is 1. The first-order valence-corrected chi connectivity index (χ1v) is 7.42. The van der Waals surface area contributed by atoms with Gasteiger partial charge in [0.15, 0.2) is 0 Å².